The van der Waals surface area contributed by atoms with E-state index in [0.29, 0.717) is 37.8 Å². The summed E-state index contributed by atoms with van der Waals surface area (Å²) in [5.74, 6) is 0.335. The van der Waals surface area contributed by atoms with Crippen molar-refractivity contribution in [2.75, 3.05) is 31.2 Å². The molecular weight excluding hydrogens is 398 g/mol. The number of benzene rings is 2. The highest BCUT2D eigenvalue weighted by molar-refractivity contribution is 6.00. The second kappa shape index (κ2) is 8.73. The van der Waals surface area contributed by atoms with Gasteiger partial charge in [-0.1, -0.05) is 26.0 Å². The van der Waals surface area contributed by atoms with Crippen molar-refractivity contribution in [1.29, 1.82) is 0 Å². The molecule has 9 nitrogen and oxygen atoms in total. The van der Waals surface area contributed by atoms with E-state index in [1.54, 1.807) is 6.07 Å². The summed E-state index contributed by atoms with van der Waals surface area (Å²) < 4.78 is 5.40. The first-order chi connectivity index (χ1) is 14.9. The molecule has 0 radical (unpaired) electrons. The third-order valence-corrected chi connectivity index (χ3v) is 5.44. The van der Waals surface area contributed by atoms with Gasteiger partial charge in [0, 0.05) is 25.2 Å². The zero-order valence-corrected chi connectivity index (χ0v) is 17.5. The van der Waals surface area contributed by atoms with Gasteiger partial charge in [-0.3, -0.25) is 14.9 Å². The molecular formula is C22H25N5O4. The number of amides is 1. The standard InChI is InChI=1S/C22H25N5O4/c1-14(2)20(21-23-17-5-3-4-6-18(17)24-21)25-22(28)16-13-15(27(29)30)7-8-19(16)26-9-11-31-12-10-26/h3-8,13-14,20H,9-12H2,1-2H3,(H,23,24)(H,25,28). The second-order valence-corrected chi connectivity index (χ2v) is 7.89. The third-order valence-electron chi connectivity index (χ3n) is 5.44. The maximum absolute atomic E-state index is 13.4. The minimum absolute atomic E-state index is 0.0510. The van der Waals surface area contributed by atoms with Crippen LogP contribution in [0, 0.1) is 16.0 Å². The van der Waals surface area contributed by atoms with Crippen molar-refractivity contribution in [2.45, 2.75) is 19.9 Å². The molecule has 2 aromatic carbocycles. The number of aromatic nitrogens is 2. The van der Waals surface area contributed by atoms with E-state index in [1.807, 2.05) is 43.0 Å². The topological polar surface area (TPSA) is 113 Å². The lowest BCUT2D eigenvalue weighted by molar-refractivity contribution is -0.384. The number of fused-ring (bicyclic) bond motifs is 1. The molecule has 1 fully saturated rings. The number of para-hydroxylation sites is 2. The fourth-order valence-electron chi connectivity index (χ4n) is 3.79. The maximum Gasteiger partial charge on any atom is 0.270 e. The van der Waals surface area contributed by atoms with Gasteiger partial charge in [0.15, 0.2) is 0 Å². The van der Waals surface area contributed by atoms with Crippen LogP contribution in [0.4, 0.5) is 11.4 Å². The van der Waals surface area contributed by atoms with Crippen LogP contribution in [-0.2, 0) is 4.74 Å². The molecule has 1 aliphatic rings. The van der Waals surface area contributed by atoms with E-state index in [9.17, 15) is 14.9 Å². The van der Waals surface area contributed by atoms with Crippen LogP contribution in [-0.4, -0.2) is 47.1 Å². The first kappa shape index (κ1) is 20.8. The van der Waals surface area contributed by atoms with E-state index >= 15 is 0 Å². The van der Waals surface area contributed by atoms with Crippen molar-refractivity contribution in [3.63, 3.8) is 0 Å². The molecule has 0 saturated carbocycles. The fourth-order valence-corrected chi connectivity index (χ4v) is 3.79. The van der Waals surface area contributed by atoms with E-state index in [0.717, 1.165) is 11.0 Å². The highest BCUT2D eigenvalue weighted by Gasteiger charge is 2.27. The van der Waals surface area contributed by atoms with Gasteiger partial charge in [0.1, 0.15) is 5.82 Å². The van der Waals surface area contributed by atoms with E-state index in [2.05, 4.69) is 15.3 Å². The number of ether oxygens (including phenoxy) is 1. The summed E-state index contributed by atoms with van der Waals surface area (Å²) in [5, 5.41) is 14.4. The number of hydrogen-bond donors (Lipinski definition) is 2. The van der Waals surface area contributed by atoms with Crippen molar-refractivity contribution >= 4 is 28.3 Å². The lowest BCUT2D eigenvalue weighted by Gasteiger charge is -2.30. The molecule has 0 bridgehead atoms. The Morgan fingerprint density at radius 2 is 1.97 bits per heavy atom. The number of aromatic amines is 1. The summed E-state index contributed by atoms with van der Waals surface area (Å²) in [6, 6.07) is 11.7. The summed E-state index contributed by atoms with van der Waals surface area (Å²) in [6.45, 7) is 6.32. The summed E-state index contributed by atoms with van der Waals surface area (Å²) in [5.41, 5.74) is 2.53. The third kappa shape index (κ3) is 4.36. The zero-order valence-electron chi connectivity index (χ0n) is 17.5. The van der Waals surface area contributed by atoms with Crippen LogP contribution < -0.4 is 10.2 Å². The molecule has 2 heterocycles. The number of hydrogen-bond acceptors (Lipinski definition) is 6. The summed E-state index contributed by atoms with van der Waals surface area (Å²) in [6.07, 6.45) is 0. The van der Waals surface area contributed by atoms with Gasteiger partial charge in [-0.25, -0.2) is 4.98 Å². The number of nitro benzene ring substituents is 1. The number of carbonyl (C=O) groups is 1. The van der Waals surface area contributed by atoms with E-state index < -0.39 is 4.92 Å². The summed E-state index contributed by atoms with van der Waals surface area (Å²) in [4.78, 5) is 34.1. The van der Waals surface area contributed by atoms with E-state index in [4.69, 9.17) is 4.74 Å². The predicted octanol–water partition coefficient (Wildman–Crippen LogP) is 3.43. The minimum Gasteiger partial charge on any atom is -0.378 e. The lowest BCUT2D eigenvalue weighted by Crippen LogP contribution is -2.39. The highest BCUT2D eigenvalue weighted by Crippen LogP contribution is 2.28. The normalized spacial score (nSPS) is 15.3. The molecule has 0 spiro atoms. The first-order valence-corrected chi connectivity index (χ1v) is 10.3. The van der Waals surface area contributed by atoms with Gasteiger partial charge < -0.3 is 19.9 Å². The number of nitro groups is 1. The average molecular weight is 423 g/mol. The fraction of sp³-hybridized carbons (Fsp3) is 0.364. The SMILES string of the molecule is CC(C)C(NC(=O)c1cc([N+](=O)[O-])ccc1N1CCOCC1)c1nc2ccccc2[nH]1. The number of nitrogens with one attached hydrogen (secondary N) is 2. The van der Waals surface area contributed by atoms with Gasteiger partial charge in [-0.15, -0.1) is 0 Å². The summed E-state index contributed by atoms with van der Waals surface area (Å²) >= 11 is 0. The van der Waals surface area contributed by atoms with Crippen LogP contribution in [0.5, 0.6) is 0 Å². The van der Waals surface area contributed by atoms with Gasteiger partial charge >= 0.3 is 0 Å². The molecule has 162 valence electrons. The Morgan fingerprint density at radius 3 is 2.65 bits per heavy atom. The molecule has 1 aromatic heterocycles. The van der Waals surface area contributed by atoms with Crippen LogP contribution in [0.25, 0.3) is 11.0 Å². The largest absolute Gasteiger partial charge is 0.378 e. The molecule has 9 heteroatoms. The molecule has 3 aromatic rings. The Kier molecular flexibility index (Phi) is 5.85. The van der Waals surface area contributed by atoms with Crippen LogP contribution in [0.1, 0.15) is 36.1 Å². The number of anilines is 1. The van der Waals surface area contributed by atoms with Gasteiger partial charge in [0.2, 0.25) is 0 Å². The first-order valence-electron chi connectivity index (χ1n) is 10.3. The Morgan fingerprint density at radius 1 is 1.23 bits per heavy atom. The van der Waals surface area contributed by atoms with E-state index in [-0.39, 0.29) is 29.1 Å². The predicted molar refractivity (Wildman–Crippen MR) is 117 cm³/mol. The van der Waals surface area contributed by atoms with Crippen LogP contribution in [0.15, 0.2) is 42.5 Å². The Balaban J connectivity index is 1.67. The second-order valence-electron chi connectivity index (χ2n) is 7.89. The van der Waals surface area contributed by atoms with Crippen LogP contribution in [0.3, 0.4) is 0 Å². The van der Waals surface area contributed by atoms with Crippen molar-refractivity contribution in [2.24, 2.45) is 5.92 Å². The number of imidazole rings is 1. The van der Waals surface area contributed by atoms with E-state index in [1.165, 1.54) is 12.1 Å². The summed E-state index contributed by atoms with van der Waals surface area (Å²) in [7, 11) is 0. The Labute approximate surface area is 179 Å². The number of rotatable bonds is 6. The van der Waals surface area contributed by atoms with Gasteiger partial charge in [0.25, 0.3) is 11.6 Å². The Hall–Kier alpha value is -3.46. The molecule has 1 aliphatic heterocycles. The lowest BCUT2D eigenvalue weighted by atomic mass is 10.0. The molecule has 31 heavy (non-hydrogen) atoms. The number of nitrogens with zero attached hydrogens (tertiary/aromatic N) is 3. The number of morpholine rings is 1. The Bertz CT molecular complexity index is 1070. The van der Waals surface area contributed by atoms with Crippen LogP contribution >= 0.6 is 0 Å². The zero-order chi connectivity index (χ0) is 22.0. The number of carbonyl (C=O) groups excluding carboxylic acids is 1. The molecule has 1 unspecified atom stereocenters. The molecule has 4 rings (SSSR count). The van der Waals surface area contributed by atoms with Crippen molar-refractivity contribution < 1.29 is 14.5 Å². The quantitative estimate of drug-likeness (QED) is 0.464. The molecule has 1 atom stereocenters. The number of H-pyrrole nitrogens is 1. The number of non-ortho nitro benzene ring substituents is 1. The average Bonchev–Trinajstić information content (AvgIpc) is 3.21. The monoisotopic (exact) mass is 423 g/mol. The minimum atomic E-state index is -0.487. The smallest absolute Gasteiger partial charge is 0.270 e. The van der Waals surface area contributed by atoms with Gasteiger partial charge in [-0.05, 0) is 24.1 Å². The maximum atomic E-state index is 13.4. The molecule has 1 amide bonds. The van der Waals surface area contributed by atoms with Gasteiger partial charge in [0.05, 0.1) is 46.5 Å². The highest BCUT2D eigenvalue weighted by atomic mass is 16.6. The molecule has 0 aliphatic carbocycles. The van der Waals surface area contributed by atoms with Gasteiger partial charge in [-0.2, -0.15) is 0 Å². The van der Waals surface area contributed by atoms with Crippen molar-refractivity contribution in [1.82, 2.24) is 15.3 Å². The molecule has 1 saturated heterocycles. The van der Waals surface area contributed by atoms with Crippen molar-refractivity contribution in [3.8, 4) is 0 Å². The molecule has 2 N–H and O–H groups in total. The van der Waals surface area contributed by atoms with Crippen molar-refractivity contribution in [3.05, 3.63) is 64.0 Å². The van der Waals surface area contributed by atoms with Crippen LogP contribution in [0.2, 0.25) is 0 Å².